The molecule has 5 nitrogen and oxygen atoms in total. The molecule has 0 aliphatic carbocycles. The van der Waals surface area contributed by atoms with E-state index in [0.29, 0.717) is 31.2 Å². The van der Waals surface area contributed by atoms with Crippen molar-refractivity contribution in [2.75, 3.05) is 31.1 Å². The molecule has 0 radical (unpaired) electrons. The molecule has 1 aromatic carbocycles. The first kappa shape index (κ1) is 14.7. The number of nitrogens with one attached hydrogen (secondary N) is 1. The molecule has 1 N–H and O–H groups in total. The van der Waals surface area contributed by atoms with Crippen molar-refractivity contribution in [1.29, 1.82) is 0 Å². The van der Waals surface area contributed by atoms with E-state index in [1.165, 1.54) is 6.20 Å². The lowest BCUT2D eigenvalue weighted by molar-refractivity contribution is 0.0745. The van der Waals surface area contributed by atoms with Gasteiger partial charge in [0, 0.05) is 32.4 Å². The van der Waals surface area contributed by atoms with E-state index in [9.17, 15) is 9.59 Å². The second-order valence-corrected chi connectivity index (χ2v) is 5.55. The van der Waals surface area contributed by atoms with E-state index < -0.39 is 0 Å². The monoisotopic (exact) mass is 317 g/mol. The smallest absolute Gasteiger partial charge is 0.260 e. The Labute approximate surface area is 133 Å². The maximum Gasteiger partial charge on any atom is 0.260 e. The molecule has 22 heavy (non-hydrogen) atoms. The molecular weight excluding hydrogens is 302 g/mol. The quantitative estimate of drug-likeness (QED) is 0.921. The van der Waals surface area contributed by atoms with E-state index in [-0.39, 0.29) is 17.0 Å². The van der Waals surface area contributed by atoms with Gasteiger partial charge in [-0.25, -0.2) is 0 Å². The number of pyridine rings is 1. The number of benzene rings is 1. The van der Waals surface area contributed by atoms with E-state index in [2.05, 4.69) is 9.88 Å². The summed E-state index contributed by atoms with van der Waals surface area (Å²) in [6, 6.07) is 10.9. The van der Waals surface area contributed by atoms with Crippen molar-refractivity contribution in [3.63, 3.8) is 0 Å². The predicted octanol–water partition coefficient (Wildman–Crippen LogP) is 1.99. The van der Waals surface area contributed by atoms with Crippen LogP contribution in [0.1, 0.15) is 10.4 Å². The van der Waals surface area contributed by atoms with E-state index >= 15 is 0 Å². The van der Waals surface area contributed by atoms with Crippen molar-refractivity contribution in [1.82, 2.24) is 9.88 Å². The first-order chi connectivity index (χ1) is 10.7. The summed E-state index contributed by atoms with van der Waals surface area (Å²) in [5.74, 6) is -0.222. The molecule has 2 aromatic rings. The highest BCUT2D eigenvalue weighted by Gasteiger charge is 2.24. The van der Waals surface area contributed by atoms with Crippen molar-refractivity contribution in [2.45, 2.75) is 0 Å². The van der Waals surface area contributed by atoms with Crippen molar-refractivity contribution in [3.05, 3.63) is 63.5 Å². The van der Waals surface area contributed by atoms with Gasteiger partial charge >= 0.3 is 0 Å². The third kappa shape index (κ3) is 2.85. The highest BCUT2D eigenvalue weighted by Crippen LogP contribution is 2.26. The van der Waals surface area contributed by atoms with Crippen molar-refractivity contribution < 1.29 is 4.79 Å². The Hall–Kier alpha value is -2.27. The molecule has 1 saturated heterocycles. The third-order valence-corrected chi connectivity index (χ3v) is 4.13. The minimum atomic E-state index is -0.346. The largest absolute Gasteiger partial charge is 0.367 e. The molecule has 6 heteroatoms. The number of nitrogens with zero attached hydrogens (tertiary/aromatic N) is 2. The average molecular weight is 318 g/mol. The topological polar surface area (TPSA) is 56.4 Å². The van der Waals surface area contributed by atoms with Gasteiger partial charge in [0.05, 0.1) is 10.7 Å². The summed E-state index contributed by atoms with van der Waals surface area (Å²) in [5.41, 5.74) is 0.823. The number of anilines is 1. The van der Waals surface area contributed by atoms with Crippen LogP contribution in [0.3, 0.4) is 0 Å². The maximum absolute atomic E-state index is 12.4. The minimum absolute atomic E-state index is 0.189. The fraction of sp³-hybridized carbons (Fsp3) is 0.250. The van der Waals surface area contributed by atoms with Gasteiger partial charge in [-0.1, -0.05) is 23.7 Å². The average Bonchev–Trinajstić information content (AvgIpc) is 2.55. The van der Waals surface area contributed by atoms with Crippen molar-refractivity contribution in [2.24, 2.45) is 0 Å². The van der Waals surface area contributed by atoms with Crippen LogP contribution < -0.4 is 10.5 Å². The second-order valence-electron chi connectivity index (χ2n) is 5.14. The lowest BCUT2D eigenvalue weighted by atomic mass is 10.2. The van der Waals surface area contributed by atoms with Crippen molar-refractivity contribution >= 4 is 23.2 Å². The Morgan fingerprint density at radius 3 is 2.45 bits per heavy atom. The number of aromatic amines is 1. The number of H-pyrrole nitrogens is 1. The van der Waals surface area contributed by atoms with E-state index in [1.807, 2.05) is 24.3 Å². The molecule has 3 rings (SSSR count). The Balaban J connectivity index is 1.70. The molecule has 114 valence electrons. The summed E-state index contributed by atoms with van der Waals surface area (Å²) in [6.07, 6.45) is 1.52. The van der Waals surface area contributed by atoms with Crippen LogP contribution >= 0.6 is 11.6 Å². The zero-order chi connectivity index (χ0) is 15.5. The van der Waals surface area contributed by atoms with Crippen molar-refractivity contribution in [3.8, 4) is 0 Å². The molecule has 0 saturated carbocycles. The van der Waals surface area contributed by atoms with Gasteiger partial charge < -0.3 is 14.8 Å². The predicted molar refractivity (Wildman–Crippen MR) is 86.6 cm³/mol. The molecule has 1 aromatic heterocycles. The number of para-hydroxylation sites is 1. The zero-order valence-electron chi connectivity index (χ0n) is 12.0. The van der Waals surface area contributed by atoms with Gasteiger partial charge in [0.2, 0.25) is 0 Å². The summed E-state index contributed by atoms with van der Waals surface area (Å²) in [6.45, 7) is 2.53. The van der Waals surface area contributed by atoms with Gasteiger partial charge in [0.15, 0.2) is 0 Å². The molecule has 2 heterocycles. The standard InChI is InChI=1S/C16H16ClN3O2/c17-13-5-1-2-6-14(13)19-8-10-20(11-9-19)16(22)12-4-3-7-18-15(12)21/h1-7H,8-11H2,(H,18,21). The zero-order valence-corrected chi connectivity index (χ0v) is 12.7. The summed E-state index contributed by atoms with van der Waals surface area (Å²) < 4.78 is 0. The summed E-state index contributed by atoms with van der Waals surface area (Å²) in [7, 11) is 0. The highest BCUT2D eigenvalue weighted by molar-refractivity contribution is 6.33. The molecular formula is C16H16ClN3O2. The molecule has 1 fully saturated rings. The van der Waals surface area contributed by atoms with Crippen LogP contribution in [-0.2, 0) is 0 Å². The Morgan fingerprint density at radius 2 is 1.77 bits per heavy atom. The molecule has 1 aliphatic rings. The van der Waals surface area contributed by atoms with E-state index in [0.717, 1.165) is 5.69 Å². The first-order valence-corrected chi connectivity index (χ1v) is 7.51. The van der Waals surface area contributed by atoms with Gasteiger partial charge in [-0.3, -0.25) is 9.59 Å². The lowest BCUT2D eigenvalue weighted by Gasteiger charge is -2.36. The molecule has 0 atom stereocenters. The number of carbonyl (C=O) groups excluding carboxylic acids is 1. The fourth-order valence-corrected chi connectivity index (χ4v) is 2.87. The number of piperazine rings is 1. The number of aromatic nitrogens is 1. The number of hydrogen-bond donors (Lipinski definition) is 1. The highest BCUT2D eigenvalue weighted by atomic mass is 35.5. The second kappa shape index (κ2) is 6.23. The maximum atomic E-state index is 12.4. The molecule has 0 bridgehead atoms. The van der Waals surface area contributed by atoms with Crippen LogP contribution in [0.25, 0.3) is 0 Å². The van der Waals surface area contributed by atoms with Gasteiger partial charge in [-0.15, -0.1) is 0 Å². The summed E-state index contributed by atoms with van der Waals surface area (Å²) in [4.78, 5) is 30.5. The minimum Gasteiger partial charge on any atom is -0.367 e. The van der Waals surface area contributed by atoms with Gasteiger partial charge in [0.1, 0.15) is 5.56 Å². The molecule has 0 unspecified atom stereocenters. The lowest BCUT2D eigenvalue weighted by Crippen LogP contribution is -2.49. The van der Waals surface area contributed by atoms with Gasteiger partial charge in [-0.2, -0.15) is 0 Å². The van der Waals surface area contributed by atoms with Gasteiger partial charge in [0.25, 0.3) is 11.5 Å². The van der Waals surface area contributed by atoms with Crippen LogP contribution in [0.5, 0.6) is 0 Å². The third-order valence-electron chi connectivity index (χ3n) is 3.81. The normalized spacial score (nSPS) is 15.0. The van der Waals surface area contributed by atoms with E-state index in [4.69, 9.17) is 11.6 Å². The van der Waals surface area contributed by atoms with Crippen LogP contribution in [0.2, 0.25) is 5.02 Å². The Kier molecular flexibility index (Phi) is 4.15. The van der Waals surface area contributed by atoms with Crippen LogP contribution in [0, 0.1) is 0 Å². The van der Waals surface area contributed by atoms with E-state index in [1.54, 1.807) is 17.0 Å². The summed E-state index contributed by atoms with van der Waals surface area (Å²) >= 11 is 6.21. The molecule has 0 spiro atoms. The Morgan fingerprint density at radius 1 is 1.05 bits per heavy atom. The van der Waals surface area contributed by atoms with Crippen LogP contribution in [0.15, 0.2) is 47.4 Å². The van der Waals surface area contributed by atoms with Gasteiger partial charge in [-0.05, 0) is 24.3 Å². The SMILES string of the molecule is O=C(c1ccc[nH]c1=O)N1CCN(c2ccccc2Cl)CC1. The van der Waals surface area contributed by atoms with Crippen LogP contribution in [-0.4, -0.2) is 42.0 Å². The molecule has 1 amide bonds. The number of hydrogen-bond acceptors (Lipinski definition) is 3. The fourth-order valence-electron chi connectivity index (χ4n) is 2.62. The summed E-state index contributed by atoms with van der Waals surface area (Å²) in [5, 5.41) is 0.710. The number of carbonyl (C=O) groups is 1. The Bertz CT molecular complexity index is 736. The number of amides is 1. The first-order valence-electron chi connectivity index (χ1n) is 7.13. The number of rotatable bonds is 2. The molecule has 1 aliphatic heterocycles. The number of halogens is 1. The van der Waals surface area contributed by atoms with Crippen LogP contribution in [0.4, 0.5) is 5.69 Å².